The van der Waals surface area contributed by atoms with Gasteiger partial charge in [0.25, 0.3) is 0 Å². The van der Waals surface area contributed by atoms with E-state index in [-0.39, 0.29) is 0 Å². The third kappa shape index (κ3) is 4.29. The van der Waals surface area contributed by atoms with E-state index >= 15 is 0 Å². The number of carbonyl (C=O) groups excluding carboxylic acids is 2. The number of hydrogen-bond donors (Lipinski definition) is 2. The van der Waals surface area contributed by atoms with Crippen molar-refractivity contribution in [1.29, 1.82) is 0 Å². The molecule has 2 amide bonds. The number of rotatable bonds is 2. The van der Waals surface area contributed by atoms with Gasteiger partial charge in [0, 0.05) is 25.3 Å². The topological polar surface area (TPSA) is 61.4 Å². The van der Waals surface area contributed by atoms with Gasteiger partial charge in [-0.3, -0.25) is 9.59 Å². The summed E-state index contributed by atoms with van der Waals surface area (Å²) in [4.78, 5) is 25.7. The maximum Gasteiger partial charge on any atom is 0.313 e. The molecule has 21 heavy (non-hydrogen) atoms. The first-order valence-corrected chi connectivity index (χ1v) is 7.49. The minimum atomic E-state index is -0.561. The van der Waals surface area contributed by atoms with Crippen LogP contribution in [0.5, 0.6) is 0 Å². The minimum absolute atomic E-state index is 0.445. The molecule has 0 atom stereocenters. The molecule has 0 spiro atoms. The molecule has 2 rings (SSSR count). The van der Waals surface area contributed by atoms with E-state index in [2.05, 4.69) is 24.5 Å². The molecule has 1 saturated heterocycles. The Morgan fingerprint density at radius 2 is 1.86 bits per heavy atom. The Kier molecular flexibility index (Phi) is 5.33. The number of anilines is 1. The van der Waals surface area contributed by atoms with Crippen LogP contribution in [0.3, 0.4) is 0 Å². The average Bonchev–Trinajstić information content (AvgIpc) is 2.76. The summed E-state index contributed by atoms with van der Waals surface area (Å²) in [7, 11) is 0. The molecule has 0 radical (unpaired) electrons. The zero-order chi connectivity index (χ0) is 15.2. The van der Waals surface area contributed by atoms with E-state index in [9.17, 15) is 9.59 Å². The first-order valence-electron chi connectivity index (χ1n) is 7.49. The van der Waals surface area contributed by atoms with Crippen molar-refractivity contribution in [1.82, 2.24) is 10.2 Å². The SMILES string of the molecule is CC(C)c1ccc(NC(=O)C(=O)N2CCCNCC2)cc1. The number of hydrogen-bond acceptors (Lipinski definition) is 3. The third-order valence-electron chi connectivity index (χ3n) is 3.66. The molecule has 2 N–H and O–H groups in total. The molecule has 0 bridgehead atoms. The lowest BCUT2D eigenvalue weighted by molar-refractivity contribution is -0.143. The highest BCUT2D eigenvalue weighted by Crippen LogP contribution is 2.17. The summed E-state index contributed by atoms with van der Waals surface area (Å²) in [6.45, 7) is 7.07. The van der Waals surface area contributed by atoms with Gasteiger partial charge in [0.2, 0.25) is 0 Å². The van der Waals surface area contributed by atoms with Gasteiger partial charge in [0.15, 0.2) is 0 Å². The van der Waals surface area contributed by atoms with Crippen LogP contribution in [0.25, 0.3) is 0 Å². The van der Waals surface area contributed by atoms with E-state index in [1.54, 1.807) is 4.90 Å². The summed E-state index contributed by atoms with van der Waals surface area (Å²) >= 11 is 0. The zero-order valence-corrected chi connectivity index (χ0v) is 12.7. The number of nitrogens with one attached hydrogen (secondary N) is 2. The average molecular weight is 289 g/mol. The lowest BCUT2D eigenvalue weighted by Gasteiger charge is -2.19. The smallest absolute Gasteiger partial charge is 0.313 e. The van der Waals surface area contributed by atoms with Gasteiger partial charge in [-0.2, -0.15) is 0 Å². The fourth-order valence-corrected chi connectivity index (χ4v) is 2.33. The highest BCUT2D eigenvalue weighted by atomic mass is 16.2. The van der Waals surface area contributed by atoms with Crippen LogP contribution in [0.2, 0.25) is 0 Å². The second-order valence-corrected chi connectivity index (χ2v) is 5.63. The number of nitrogens with zero attached hydrogens (tertiary/aromatic N) is 1. The number of benzene rings is 1. The predicted molar refractivity (Wildman–Crippen MR) is 83.2 cm³/mol. The monoisotopic (exact) mass is 289 g/mol. The van der Waals surface area contributed by atoms with Crippen molar-refractivity contribution in [2.75, 3.05) is 31.5 Å². The highest BCUT2D eigenvalue weighted by molar-refractivity contribution is 6.39. The Morgan fingerprint density at radius 3 is 2.52 bits per heavy atom. The van der Waals surface area contributed by atoms with Crippen LogP contribution < -0.4 is 10.6 Å². The summed E-state index contributed by atoms with van der Waals surface area (Å²) in [6.07, 6.45) is 0.877. The van der Waals surface area contributed by atoms with Gasteiger partial charge < -0.3 is 15.5 Å². The lowest BCUT2D eigenvalue weighted by Crippen LogP contribution is -2.41. The standard InChI is InChI=1S/C16H23N3O2/c1-12(2)13-4-6-14(7-5-13)18-15(20)16(21)19-10-3-8-17-9-11-19/h4-7,12,17H,3,8-11H2,1-2H3,(H,18,20). The van der Waals surface area contributed by atoms with Crippen LogP contribution in [-0.2, 0) is 9.59 Å². The second-order valence-electron chi connectivity index (χ2n) is 5.63. The van der Waals surface area contributed by atoms with Crippen LogP contribution in [0, 0.1) is 0 Å². The van der Waals surface area contributed by atoms with E-state index < -0.39 is 11.8 Å². The van der Waals surface area contributed by atoms with E-state index in [0.29, 0.717) is 24.7 Å². The molecule has 5 nitrogen and oxygen atoms in total. The Labute approximate surface area is 125 Å². The van der Waals surface area contributed by atoms with Crippen LogP contribution in [0.1, 0.15) is 31.7 Å². The molecular formula is C16H23N3O2. The minimum Gasteiger partial charge on any atom is -0.333 e. The first-order chi connectivity index (χ1) is 10.1. The van der Waals surface area contributed by atoms with Crippen molar-refractivity contribution in [3.8, 4) is 0 Å². The maximum absolute atomic E-state index is 12.1. The van der Waals surface area contributed by atoms with Crippen LogP contribution >= 0.6 is 0 Å². The largest absolute Gasteiger partial charge is 0.333 e. The molecule has 5 heteroatoms. The molecular weight excluding hydrogens is 266 g/mol. The van der Waals surface area contributed by atoms with Gasteiger partial charge in [-0.25, -0.2) is 0 Å². The Hall–Kier alpha value is -1.88. The Morgan fingerprint density at radius 1 is 1.14 bits per heavy atom. The molecule has 0 aliphatic carbocycles. The summed E-state index contributed by atoms with van der Waals surface area (Å²) in [5.41, 5.74) is 1.86. The fourth-order valence-electron chi connectivity index (χ4n) is 2.33. The molecule has 1 aliphatic heterocycles. The van der Waals surface area contributed by atoms with E-state index in [0.717, 1.165) is 19.5 Å². The quantitative estimate of drug-likeness (QED) is 0.812. The fraction of sp³-hybridized carbons (Fsp3) is 0.500. The summed E-state index contributed by atoms with van der Waals surface area (Å²) < 4.78 is 0. The van der Waals surface area contributed by atoms with E-state index in [4.69, 9.17) is 0 Å². The summed E-state index contributed by atoms with van der Waals surface area (Å²) in [6, 6.07) is 7.62. The Balaban J connectivity index is 1.95. The molecule has 1 aliphatic rings. The lowest BCUT2D eigenvalue weighted by atomic mass is 10.0. The molecule has 1 fully saturated rings. The highest BCUT2D eigenvalue weighted by Gasteiger charge is 2.22. The summed E-state index contributed by atoms with van der Waals surface area (Å²) in [5, 5.41) is 5.89. The molecule has 1 heterocycles. The molecule has 1 aromatic rings. The second kappa shape index (κ2) is 7.22. The van der Waals surface area contributed by atoms with E-state index in [1.807, 2.05) is 24.3 Å². The molecule has 0 unspecified atom stereocenters. The normalized spacial score (nSPS) is 15.7. The van der Waals surface area contributed by atoms with Crippen molar-refractivity contribution in [2.45, 2.75) is 26.2 Å². The number of carbonyl (C=O) groups is 2. The molecule has 0 saturated carbocycles. The Bertz CT molecular complexity index is 489. The van der Waals surface area contributed by atoms with E-state index in [1.165, 1.54) is 5.56 Å². The van der Waals surface area contributed by atoms with Gasteiger partial charge in [0.05, 0.1) is 0 Å². The first kappa shape index (κ1) is 15.5. The van der Waals surface area contributed by atoms with Crippen LogP contribution in [0.4, 0.5) is 5.69 Å². The predicted octanol–water partition coefficient (Wildman–Crippen LogP) is 1.57. The molecule has 114 valence electrons. The van der Waals surface area contributed by atoms with Gasteiger partial charge in [0.1, 0.15) is 0 Å². The summed E-state index contributed by atoms with van der Waals surface area (Å²) in [5.74, 6) is -0.568. The van der Waals surface area contributed by atoms with Crippen molar-refractivity contribution in [3.63, 3.8) is 0 Å². The van der Waals surface area contributed by atoms with Crippen molar-refractivity contribution >= 4 is 17.5 Å². The van der Waals surface area contributed by atoms with Gasteiger partial charge in [-0.05, 0) is 36.6 Å². The molecule has 1 aromatic carbocycles. The van der Waals surface area contributed by atoms with Crippen LogP contribution in [-0.4, -0.2) is 42.9 Å². The number of amides is 2. The maximum atomic E-state index is 12.1. The third-order valence-corrected chi connectivity index (χ3v) is 3.66. The van der Waals surface area contributed by atoms with Crippen LogP contribution in [0.15, 0.2) is 24.3 Å². The zero-order valence-electron chi connectivity index (χ0n) is 12.7. The van der Waals surface area contributed by atoms with Gasteiger partial charge in [-0.1, -0.05) is 26.0 Å². The van der Waals surface area contributed by atoms with Gasteiger partial charge >= 0.3 is 11.8 Å². The molecule has 0 aromatic heterocycles. The van der Waals surface area contributed by atoms with Gasteiger partial charge in [-0.15, -0.1) is 0 Å². The van der Waals surface area contributed by atoms with Crippen molar-refractivity contribution in [2.24, 2.45) is 0 Å². The van der Waals surface area contributed by atoms with Crippen molar-refractivity contribution < 1.29 is 9.59 Å². The van der Waals surface area contributed by atoms with Crippen molar-refractivity contribution in [3.05, 3.63) is 29.8 Å².